The SMILES string of the molecule is CC(=O)c1n[nH]c2cc(Br)ccc12. The summed E-state index contributed by atoms with van der Waals surface area (Å²) in [5.41, 5.74) is 1.38. The summed E-state index contributed by atoms with van der Waals surface area (Å²) < 4.78 is 0.971. The summed E-state index contributed by atoms with van der Waals surface area (Å²) in [4.78, 5) is 11.1. The zero-order valence-corrected chi connectivity index (χ0v) is 8.55. The standard InChI is InChI=1S/C9H7BrN2O/c1-5(13)9-7-3-2-6(10)4-8(7)11-12-9/h2-4H,1H3,(H,11,12). The molecular weight excluding hydrogens is 232 g/mol. The van der Waals surface area contributed by atoms with Crippen LogP contribution in [0.15, 0.2) is 22.7 Å². The van der Waals surface area contributed by atoms with Crippen molar-refractivity contribution in [3.63, 3.8) is 0 Å². The number of carbonyl (C=O) groups is 1. The van der Waals surface area contributed by atoms with Gasteiger partial charge in [-0.05, 0) is 18.2 Å². The molecule has 3 nitrogen and oxygen atoms in total. The largest absolute Gasteiger partial charge is 0.293 e. The van der Waals surface area contributed by atoms with Crippen molar-refractivity contribution >= 4 is 32.6 Å². The number of aromatic amines is 1. The van der Waals surface area contributed by atoms with E-state index in [4.69, 9.17) is 0 Å². The molecule has 1 heterocycles. The number of hydrogen-bond donors (Lipinski definition) is 1. The smallest absolute Gasteiger partial charge is 0.180 e. The van der Waals surface area contributed by atoms with Crippen molar-refractivity contribution < 1.29 is 4.79 Å². The highest BCUT2D eigenvalue weighted by molar-refractivity contribution is 9.10. The number of aromatic nitrogens is 2. The van der Waals surface area contributed by atoms with Gasteiger partial charge in [0.25, 0.3) is 0 Å². The van der Waals surface area contributed by atoms with E-state index in [1.165, 1.54) is 6.92 Å². The highest BCUT2D eigenvalue weighted by Crippen LogP contribution is 2.20. The van der Waals surface area contributed by atoms with E-state index in [0.717, 1.165) is 15.4 Å². The van der Waals surface area contributed by atoms with E-state index in [1.807, 2.05) is 18.2 Å². The predicted molar refractivity (Wildman–Crippen MR) is 53.8 cm³/mol. The maximum atomic E-state index is 11.1. The van der Waals surface area contributed by atoms with Crippen LogP contribution in [0.25, 0.3) is 10.9 Å². The highest BCUT2D eigenvalue weighted by Gasteiger charge is 2.08. The second-order valence-corrected chi connectivity index (χ2v) is 3.73. The second-order valence-electron chi connectivity index (χ2n) is 2.82. The first-order chi connectivity index (χ1) is 6.18. The fraction of sp³-hybridized carbons (Fsp3) is 0.111. The van der Waals surface area contributed by atoms with Gasteiger partial charge < -0.3 is 0 Å². The van der Waals surface area contributed by atoms with Crippen LogP contribution >= 0.6 is 15.9 Å². The van der Waals surface area contributed by atoms with Crippen LogP contribution < -0.4 is 0 Å². The van der Waals surface area contributed by atoms with E-state index in [2.05, 4.69) is 26.1 Å². The van der Waals surface area contributed by atoms with E-state index in [1.54, 1.807) is 0 Å². The van der Waals surface area contributed by atoms with Gasteiger partial charge in [0.1, 0.15) is 5.69 Å². The van der Waals surface area contributed by atoms with Crippen molar-refractivity contribution in [2.45, 2.75) is 6.92 Å². The summed E-state index contributed by atoms with van der Waals surface area (Å²) in [5.74, 6) is -0.0198. The molecule has 0 atom stereocenters. The minimum atomic E-state index is -0.0198. The Bertz CT molecular complexity index is 475. The lowest BCUT2D eigenvalue weighted by Crippen LogP contribution is -1.91. The number of halogens is 1. The number of benzene rings is 1. The van der Waals surface area contributed by atoms with Gasteiger partial charge in [0, 0.05) is 16.8 Å². The summed E-state index contributed by atoms with van der Waals surface area (Å²) in [6, 6.07) is 5.67. The summed E-state index contributed by atoms with van der Waals surface area (Å²) >= 11 is 3.35. The number of hydrogen-bond acceptors (Lipinski definition) is 2. The molecule has 0 aliphatic rings. The van der Waals surface area contributed by atoms with E-state index in [-0.39, 0.29) is 5.78 Å². The molecule has 1 N–H and O–H groups in total. The molecule has 0 spiro atoms. The first kappa shape index (κ1) is 8.44. The molecule has 4 heteroatoms. The number of nitrogens with zero attached hydrogens (tertiary/aromatic N) is 1. The number of fused-ring (bicyclic) bond motifs is 1. The van der Waals surface area contributed by atoms with Crippen LogP contribution in [0.4, 0.5) is 0 Å². The molecule has 0 aliphatic heterocycles. The van der Waals surface area contributed by atoms with Gasteiger partial charge in [0.05, 0.1) is 5.52 Å². The predicted octanol–water partition coefficient (Wildman–Crippen LogP) is 2.53. The van der Waals surface area contributed by atoms with Crippen molar-refractivity contribution in [3.8, 4) is 0 Å². The van der Waals surface area contributed by atoms with Gasteiger partial charge in [-0.1, -0.05) is 15.9 Å². The van der Waals surface area contributed by atoms with Gasteiger partial charge in [-0.25, -0.2) is 0 Å². The van der Waals surface area contributed by atoms with Crippen molar-refractivity contribution in [2.75, 3.05) is 0 Å². The number of carbonyl (C=O) groups excluding carboxylic acids is 1. The van der Waals surface area contributed by atoms with E-state index in [9.17, 15) is 4.79 Å². The molecule has 0 saturated heterocycles. The second kappa shape index (κ2) is 2.96. The monoisotopic (exact) mass is 238 g/mol. The fourth-order valence-corrected chi connectivity index (χ4v) is 1.62. The molecule has 66 valence electrons. The molecule has 0 saturated carbocycles. The van der Waals surface area contributed by atoms with Crippen LogP contribution in [-0.4, -0.2) is 16.0 Å². The van der Waals surface area contributed by atoms with Crippen LogP contribution in [0.5, 0.6) is 0 Å². The molecule has 0 radical (unpaired) electrons. The Kier molecular flexibility index (Phi) is 1.92. The van der Waals surface area contributed by atoms with Crippen molar-refractivity contribution in [1.29, 1.82) is 0 Å². The van der Waals surface area contributed by atoms with E-state index in [0.29, 0.717) is 5.69 Å². The molecule has 0 amide bonds. The first-order valence-electron chi connectivity index (χ1n) is 3.83. The minimum Gasteiger partial charge on any atom is -0.293 e. The van der Waals surface area contributed by atoms with Gasteiger partial charge in [-0.15, -0.1) is 0 Å². The Morgan fingerprint density at radius 3 is 3.00 bits per heavy atom. The minimum absolute atomic E-state index is 0.0198. The Balaban J connectivity index is 2.76. The molecular formula is C9H7BrN2O. The third kappa shape index (κ3) is 1.37. The lowest BCUT2D eigenvalue weighted by atomic mass is 10.2. The van der Waals surface area contributed by atoms with Crippen molar-refractivity contribution in [2.24, 2.45) is 0 Å². The van der Waals surface area contributed by atoms with Gasteiger partial charge in [-0.3, -0.25) is 9.89 Å². The molecule has 0 fully saturated rings. The molecule has 0 bridgehead atoms. The summed E-state index contributed by atoms with van der Waals surface area (Å²) in [6.07, 6.45) is 0. The third-order valence-electron chi connectivity index (χ3n) is 1.86. The molecule has 1 aromatic carbocycles. The molecule has 1 aromatic heterocycles. The number of nitrogens with one attached hydrogen (secondary N) is 1. The van der Waals surface area contributed by atoms with Crippen LogP contribution in [0.2, 0.25) is 0 Å². The van der Waals surface area contributed by atoms with Crippen LogP contribution in [-0.2, 0) is 0 Å². The molecule has 13 heavy (non-hydrogen) atoms. The Labute approximate surface area is 83.3 Å². The van der Waals surface area contributed by atoms with Crippen molar-refractivity contribution in [3.05, 3.63) is 28.4 Å². The van der Waals surface area contributed by atoms with Gasteiger partial charge in [0.2, 0.25) is 0 Å². The van der Waals surface area contributed by atoms with Crippen LogP contribution in [0.3, 0.4) is 0 Å². The van der Waals surface area contributed by atoms with Gasteiger partial charge in [-0.2, -0.15) is 5.10 Å². The van der Waals surface area contributed by atoms with Crippen molar-refractivity contribution in [1.82, 2.24) is 10.2 Å². The molecule has 0 unspecified atom stereocenters. The van der Waals surface area contributed by atoms with Gasteiger partial charge in [0.15, 0.2) is 5.78 Å². The van der Waals surface area contributed by atoms with Crippen LogP contribution in [0.1, 0.15) is 17.4 Å². The lowest BCUT2D eigenvalue weighted by Gasteiger charge is -1.91. The molecule has 2 rings (SSSR count). The number of ketones is 1. The zero-order valence-electron chi connectivity index (χ0n) is 6.97. The summed E-state index contributed by atoms with van der Waals surface area (Å²) in [6.45, 7) is 1.51. The van der Waals surface area contributed by atoms with E-state index < -0.39 is 0 Å². The first-order valence-corrected chi connectivity index (χ1v) is 4.62. The number of H-pyrrole nitrogens is 1. The van der Waals surface area contributed by atoms with Gasteiger partial charge >= 0.3 is 0 Å². The Morgan fingerprint density at radius 1 is 1.54 bits per heavy atom. The summed E-state index contributed by atoms with van der Waals surface area (Å²) in [5, 5.41) is 7.62. The summed E-state index contributed by atoms with van der Waals surface area (Å²) in [7, 11) is 0. The molecule has 0 aliphatic carbocycles. The number of rotatable bonds is 1. The zero-order chi connectivity index (χ0) is 9.42. The lowest BCUT2D eigenvalue weighted by molar-refractivity contribution is 0.101. The molecule has 2 aromatic rings. The third-order valence-corrected chi connectivity index (χ3v) is 2.35. The number of Topliss-reactive ketones (excluding diaryl/α,β-unsaturated/α-hetero) is 1. The topological polar surface area (TPSA) is 45.8 Å². The quantitative estimate of drug-likeness (QED) is 0.777. The normalized spacial score (nSPS) is 10.6. The highest BCUT2D eigenvalue weighted by atomic mass is 79.9. The fourth-order valence-electron chi connectivity index (χ4n) is 1.26. The van der Waals surface area contributed by atoms with Crippen LogP contribution in [0, 0.1) is 0 Å². The average molecular weight is 239 g/mol. The Morgan fingerprint density at radius 2 is 2.31 bits per heavy atom. The average Bonchev–Trinajstić information content (AvgIpc) is 2.46. The van der Waals surface area contributed by atoms with E-state index >= 15 is 0 Å². The maximum Gasteiger partial charge on any atom is 0.180 e. The Hall–Kier alpha value is -1.16. The maximum absolute atomic E-state index is 11.1.